The lowest BCUT2D eigenvalue weighted by atomic mass is 9.94. The molecule has 0 aliphatic heterocycles. The highest BCUT2D eigenvalue weighted by Gasteiger charge is 2.12. The van der Waals surface area contributed by atoms with E-state index in [1.54, 1.807) is 7.11 Å². The molecule has 0 N–H and O–H groups in total. The topological polar surface area (TPSA) is 25.4 Å². The third-order valence-electron chi connectivity index (χ3n) is 4.51. The summed E-state index contributed by atoms with van der Waals surface area (Å²) < 4.78 is 5.69. The number of hydrogen-bond acceptors (Lipinski definition) is 3. The predicted octanol–water partition coefficient (Wildman–Crippen LogP) is 5.11. The average Bonchev–Trinajstić information content (AvgIpc) is 2.61. The molecule has 25 heavy (non-hydrogen) atoms. The standard InChI is InChI=1S/C22H24N2O/c1-15-7-6-8-16(2)22(15)17-9-10-19(21(13-17)25-5)20-14-18(24(3)4)11-12-23-20/h6-14H,1-5H3. The second-order valence-corrected chi connectivity index (χ2v) is 6.48. The Kier molecular flexibility index (Phi) is 4.75. The second-order valence-electron chi connectivity index (χ2n) is 6.48. The molecule has 1 heterocycles. The zero-order valence-corrected chi connectivity index (χ0v) is 15.5. The van der Waals surface area contributed by atoms with Gasteiger partial charge in [-0.2, -0.15) is 0 Å². The maximum Gasteiger partial charge on any atom is 0.128 e. The van der Waals surface area contributed by atoms with Crippen LogP contribution in [0, 0.1) is 13.8 Å². The molecule has 0 bridgehead atoms. The average molecular weight is 332 g/mol. The Morgan fingerprint density at radius 1 is 0.920 bits per heavy atom. The monoisotopic (exact) mass is 332 g/mol. The highest BCUT2D eigenvalue weighted by Crippen LogP contribution is 2.36. The third-order valence-corrected chi connectivity index (χ3v) is 4.51. The lowest BCUT2D eigenvalue weighted by molar-refractivity contribution is 0.416. The Morgan fingerprint density at radius 3 is 2.28 bits per heavy atom. The third kappa shape index (κ3) is 3.36. The molecule has 0 unspecified atom stereocenters. The molecule has 0 saturated heterocycles. The molecule has 3 aromatic rings. The van der Waals surface area contributed by atoms with Crippen LogP contribution in [0.15, 0.2) is 54.7 Å². The van der Waals surface area contributed by atoms with Gasteiger partial charge in [0.15, 0.2) is 0 Å². The summed E-state index contributed by atoms with van der Waals surface area (Å²) in [7, 11) is 5.77. The van der Waals surface area contributed by atoms with Crippen molar-refractivity contribution in [3.63, 3.8) is 0 Å². The van der Waals surface area contributed by atoms with Gasteiger partial charge in [0, 0.05) is 31.5 Å². The molecule has 0 saturated carbocycles. The van der Waals surface area contributed by atoms with Crippen LogP contribution in [0.1, 0.15) is 11.1 Å². The van der Waals surface area contributed by atoms with Gasteiger partial charge < -0.3 is 9.64 Å². The van der Waals surface area contributed by atoms with Gasteiger partial charge in [0.1, 0.15) is 5.75 Å². The normalized spacial score (nSPS) is 10.6. The highest BCUT2D eigenvalue weighted by molar-refractivity contribution is 5.78. The number of benzene rings is 2. The number of pyridine rings is 1. The molecule has 1 aromatic heterocycles. The van der Waals surface area contributed by atoms with Crippen LogP contribution >= 0.6 is 0 Å². The number of aryl methyl sites for hydroxylation is 2. The summed E-state index contributed by atoms with van der Waals surface area (Å²) in [6.45, 7) is 4.29. The molecule has 3 rings (SSSR count). The van der Waals surface area contributed by atoms with Crippen molar-refractivity contribution in [2.45, 2.75) is 13.8 Å². The first-order valence-electron chi connectivity index (χ1n) is 8.39. The lowest BCUT2D eigenvalue weighted by Gasteiger charge is -2.16. The fourth-order valence-electron chi connectivity index (χ4n) is 3.17. The molecule has 3 heteroatoms. The number of nitrogens with zero attached hydrogens (tertiary/aromatic N) is 2. The van der Waals surface area contributed by atoms with Gasteiger partial charge in [0.2, 0.25) is 0 Å². The van der Waals surface area contributed by atoms with Crippen molar-refractivity contribution >= 4 is 5.69 Å². The minimum Gasteiger partial charge on any atom is -0.496 e. The summed E-state index contributed by atoms with van der Waals surface area (Å²) in [5, 5.41) is 0. The fourth-order valence-corrected chi connectivity index (χ4v) is 3.17. The van der Waals surface area contributed by atoms with Crippen molar-refractivity contribution in [3.05, 3.63) is 65.9 Å². The number of aromatic nitrogens is 1. The Morgan fingerprint density at radius 2 is 1.64 bits per heavy atom. The number of hydrogen-bond donors (Lipinski definition) is 0. The first-order chi connectivity index (χ1) is 12.0. The van der Waals surface area contributed by atoms with Crippen molar-refractivity contribution in [2.75, 3.05) is 26.1 Å². The zero-order chi connectivity index (χ0) is 18.0. The number of ether oxygens (including phenoxy) is 1. The SMILES string of the molecule is COc1cc(-c2c(C)cccc2C)ccc1-c1cc(N(C)C)ccn1. The van der Waals surface area contributed by atoms with Gasteiger partial charge in [-0.3, -0.25) is 4.98 Å². The van der Waals surface area contributed by atoms with Crippen molar-refractivity contribution in [2.24, 2.45) is 0 Å². The first-order valence-corrected chi connectivity index (χ1v) is 8.39. The number of rotatable bonds is 4. The quantitative estimate of drug-likeness (QED) is 0.664. The van der Waals surface area contributed by atoms with E-state index in [-0.39, 0.29) is 0 Å². The number of anilines is 1. The molecule has 0 fully saturated rings. The van der Waals surface area contributed by atoms with Crippen LogP contribution < -0.4 is 9.64 Å². The van der Waals surface area contributed by atoms with E-state index >= 15 is 0 Å². The minimum absolute atomic E-state index is 0.837. The zero-order valence-electron chi connectivity index (χ0n) is 15.5. The molecule has 0 spiro atoms. The molecule has 0 aliphatic carbocycles. The van der Waals surface area contributed by atoms with E-state index < -0.39 is 0 Å². The van der Waals surface area contributed by atoms with Crippen LogP contribution in [0.3, 0.4) is 0 Å². The van der Waals surface area contributed by atoms with E-state index in [1.165, 1.54) is 22.3 Å². The molecular weight excluding hydrogens is 308 g/mol. The van der Waals surface area contributed by atoms with Gasteiger partial charge in [-0.15, -0.1) is 0 Å². The van der Waals surface area contributed by atoms with Crippen LogP contribution in [0.4, 0.5) is 5.69 Å². The molecule has 0 radical (unpaired) electrons. The van der Waals surface area contributed by atoms with Gasteiger partial charge in [-0.1, -0.05) is 24.3 Å². The summed E-state index contributed by atoms with van der Waals surface area (Å²) in [4.78, 5) is 6.60. The maximum absolute atomic E-state index is 5.69. The predicted molar refractivity (Wildman–Crippen MR) is 105 cm³/mol. The first kappa shape index (κ1) is 17.0. The Labute approximate surface area is 149 Å². The Balaban J connectivity index is 2.11. The smallest absolute Gasteiger partial charge is 0.128 e. The van der Waals surface area contributed by atoms with E-state index in [0.717, 1.165) is 22.7 Å². The van der Waals surface area contributed by atoms with Gasteiger partial charge in [-0.05, 0) is 60.4 Å². The molecule has 3 nitrogen and oxygen atoms in total. The Bertz CT molecular complexity index is 880. The molecule has 0 atom stereocenters. The van der Waals surface area contributed by atoms with E-state index in [4.69, 9.17) is 4.74 Å². The Hall–Kier alpha value is -2.81. The summed E-state index contributed by atoms with van der Waals surface area (Å²) in [5.74, 6) is 0.837. The van der Waals surface area contributed by atoms with Crippen molar-refractivity contribution in [1.29, 1.82) is 0 Å². The summed E-state index contributed by atoms with van der Waals surface area (Å²) in [6, 6.07) is 16.8. The lowest BCUT2D eigenvalue weighted by Crippen LogP contribution is -2.08. The van der Waals surface area contributed by atoms with E-state index in [1.807, 2.05) is 26.4 Å². The van der Waals surface area contributed by atoms with Crippen molar-refractivity contribution < 1.29 is 4.74 Å². The minimum atomic E-state index is 0.837. The van der Waals surface area contributed by atoms with E-state index in [2.05, 4.69) is 66.2 Å². The summed E-state index contributed by atoms with van der Waals surface area (Å²) in [6.07, 6.45) is 1.84. The maximum atomic E-state index is 5.69. The van der Waals surface area contributed by atoms with Crippen LogP contribution in [-0.2, 0) is 0 Å². The molecule has 0 amide bonds. The van der Waals surface area contributed by atoms with Crippen molar-refractivity contribution in [3.8, 4) is 28.1 Å². The van der Waals surface area contributed by atoms with Crippen LogP contribution in [0.2, 0.25) is 0 Å². The van der Waals surface area contributed by atoms with Crippen LogP contribution in [-0.4, -0.2) is 26.2 Å². The van der Waals surface area contributed by atoms with E-state index in [9.17, 15) is 0 Å². The summed E-state index contributed by atoms with van der Waals surface area (Å²) >= 11 is 0. The van der Waals surface area contributed by atoms with Gasteiger partial charge >= 0.3 is 0 Å². The highest BCUT2D eigenvalue weighted by atomic mass is 16.5. The molecule has 2 aromatic carbocycles. The number of methoxy groups -OCH3 is 1. The molecule has 128 valence electrons. The van der Waals surface area contributed by atoms with Crippen LogP contribution in [0.25, 0.3) is 22.4 Å². The van der Waals surface area contributed by atoms with Gasteiger partial charge in [0.05, 0.1) is 12.8 Å². The molecular formula is C22H24N2O. The van der Waals surface area contributed by atoms with Crippen LogP contribution in [0.5, 0.6) is 5.75 Å². The molecule has 0 aliphatic rings. The van der Waals surface area contributed by atoms with Crippen molar-refractivity contribution in [1.82, 2.24) is 4.98 Å². The largest absolute Gasteiger partial charge is 0.496 e. The van der Waals surface area contributed by atoms with Gasteiger partial charge in [0.25, 0.3) is 0 Å². The fraction of sp³-hybridized carbons (Fsp3) is 0.227. The van der Waals surface area contributed by atoms with Gasteiger partial charge in [-0.25, -0.2) is 0 Å². The van der Waals surface area contributed by atoms with E-state index in [0.29, 0.717) is 0 Å². The summed E-state index contributed by atoms with van der Waals surface area (Å²) in [5.41, 5.74) is 8.00. The second kappa shape index (κ2) is 6.98.